The fourth-order valence-corrected chi connectivity index (χ4v) is 2.40. The summed E-state index contributed by atoms with van der Waals surface area (Å²) in [5.74, 6) is -0.749. The van der Waals surface area contributed by atoms with Gasteiger partial charge in [-0.05, 0) is 23.8 Å². The number of amides is 1. The van der Waals surface area contributed by atoms with Crippen molar-refractivity contribution in [3.05, 3.63) is 41.7 Å². The van der Waals surface area contributed by atoms with Crippen molar-refractivity contribution in [3.8, 4) is 17.0 Å². The second kappa shape index (κ2) is 5.52. The van der Waals surface area contributed by atoms with Crippen molar-refractivity contribution >= 4 is 16.8 Å². The molecule has 0 aliphatic rings. The number of nitrogens with one attached hydrogen (secondary N) is 1. The van der Waals surface area contributed by atoms with Crippen LogP contribution in [0, 0.1) is 0 Å². The summed E-state index contributed by atoms with van der Waals surface area (Å²) in [4.78, 5) is 15.6. The largest absolute Gasteiger partial charge is 0.481 e. The number of H-pyrrole nitrogens is 1. The van der Waals surface area contributed by atoms with E-state index in [1.54, 1.807) is 0 Å². The number of carbonyl (C=O) groups is 1. The van der Waals surface area contributed by atoms with Crippen molar-refractivity contribution in [1.82, 2.24) is 15.2 Å². The summed E-state index contributed by atoms with van der Waals surface area (Å²) in [5, 5.41) is 6.68. The number of aromatic amines is 1. The van der Waals surface area contributed by atoms with Crippen LogP contribution in [0.2, 0.25) is 0 Å². The molecule has 124 valence electrons. The molecular formula is C15H11F3N4O2. The van der Waals surface area contributed by atoms with E-state index in [1.165, 1.54) is 25.4 Å². The molecular weight excluding hydrogens is 325 g/mol. The van der Waals surface area contributed by atoms with Crippen molar-refractivity contribution in [2.45, 2.75) is 6.18 Å². The summed E-state index contributed by atoms with van der Waals surface area (Å²) in [6.45, 7) is 0. The molecule has 0 radical (unpaired) electrons. The molecule has 2 heterocycles. The van der Waals surface area contributed by atoms with Crippen LogP contribution in [-0.2, 0) is 6.18 Å². The fraction of sp³-hybridized carbons (Fsp3) is 0.133. The third-order valence-electron chi connectivity index (χ3n) is 3.49. The Morgan fingerprint density at radius 3 is 2.62 bits per heavy atom. The molecule has 0 spiro atoms. The van der Waals surface area contributed by atoms with Crippen LogP contribution in [0.3, 0.4) is 0 Å². The summed E-state index contributed by atoms with van der Waals surface area (Å²) in [5.41, 5.74) is 4.76. The molecule has 3 aromatic rings. The highest BCUT2D eigenvalue weighted by atomic mass is 19.4. The van der Waals surface area contributed by atoms with Gasteiger partial charge in [-0.3, -0.25) is 9.89 Å². The molecule has 3 N–H and O–H groups in total. The van der Waals surface area contributed by atoms with Gasteiger partial charge in [0.1, 0.15) is 5.69 Å². The van der Waals surface area contributed by atoms with Gasteiger partial charge in [0.15, 0.2) is 0 Å². The van der Waals surface area contributed by atoms with Crippen molar-refractivity contribution in [2.24, 2.45) is 5.73 Å². The highest BCUT2D eigenvalue weighted by Crippen LogP contribution is 2.37. The summed E-state index contributed by atoms with van der Waals surface area (Å²) in [6, 6.07) is 4.77. The van der Waals surface area contributed by atoms with E-state index in [2.05, 4.69) is 15.2 Å². The highest BCUT2D eigenvalue weighted by molar-refractivity contribution is 6.03. The second-order valence-electron chi connectivity index (χ2n) is 4.97. The summed E-state index contributed by atoms with van der Waals surface area (Å²) in [6.07, 6.45) is -3.18. The zero-order chi connectivity index (χ0) is 17.5. The van der Waals surface area contributed by atoms with Crippen LogP contribution in [0.4, 0.5) is 13.2 Å². The van der Waals surface area contributed by atoms with E-state index in [4.69, 9.17) is 10.5 Å². The fourth-order valence-electron chi connectivity index (χ4n) is 2.40. The Morgan fingerprint density at radius 1 is 1.25 bits per heavy atom. The van der Waals surface area contributed by atoms with Crippen LogP contribution in [-0.4, -0.2) is 28.2 Å². The first kappa shape index (κ1) is 15.8. The topological polar surface area (TPSA) is 93.9 Å². The molecule has 9 heteroatoms. The number of hydrogen-bond acceptors (Lipinski definition) is 4. The average molecular weight is 336 g/mol. The number of methoxy groups -OCH3 is 1. The first-order valence-corrected chi connectivity index (χ1v) is 6.71. The number of nitrogens with zero attached hydrogens (tertiary/aromatic N) is 2. The van der Waals surface area contributed by atoms with Gasteiger partial charge < -0.3 is 10.5 Å². The summed E-state index contributed by atoms with van der Waals surface area (Å²) >= 11 is 0. The predicted octanol–water partition coefficient (Wildman–Crippen LogP) is 2.75. The van der Waals surface area contributed by atoms with Crippen LogP contribution < -0.4 is 10.5 Å². The molecule has 0 saturated heterocycles. The molecule has 1 amide bonds. The quantitative estimate of drug-likeness (QED) is 0.769. The monoisotopic (exact) mass is 336 g/mol. The lowest BCUT2D eigenvalue weighted by molar-refractivity contribution is -0.137. The number of halogens is 3. The van der Waals surface area contributed by atoms with E-state index in [9.17, 15) is 18.0 Å². The predicted molar refractivity (Wildman–Crippen MR) is 79.4 cm³/mol. The molecule has 0 aliphatic carbocycles. The number of pyridine rings is 1. The third kappa shape index (κ3) is 2.64. The van der Waals surface area contributed by atoms with Crippen molar-refractivity contribution in [3.63, 3.8) is 0 Å². The first-order chi connectivity index (χ1) is 11.3. The summed E-state index contributed by atoms with van der Waals surface area (Å²) < 4.78 is 44.3. The van der Waals surface area contributed by atoms with Gasteiger partial charge >= 0.3 is 6.18 Å². The molecule has 0 aliphatic heterocycles. The number of aromatic nitrogens is 3. The van der Waals surface area contributed by atoms with Gasteiger partial charge in [-0.25, -0.2) is 4.98 Å². The van der Waals surface area contributed by atoms with E-state index < -0.39 is 17.6 Å². The van der Waals surface area contributed by atoms with E-state index in [0.29, 0.717) is 5.39 Å². The van der Waals surface area contributed by atoms with Gasteiger partial charge in [-0.1, -0.05) is 0 Å². The SMILES string of the molecule is COc1ccc(-c2cc(C(F)(F)F)cc3[nH]ncc23)c(C(N)=O)n1. The number of rotatable bonds is 3. The molecule has 0 saturated carbocycles. The number of fused-ring (bicyclic) bond motifs is 1. The lowest BCUT2D eigenvalue weighted by Gasteiger charge is -2.12. The van der Waals surface area contributed by atoms with Gasteiger partial charge in [0.25, 0.3) is 5.91 Å². The third-order valence-corrected chi connectivity index (χ3v) is 3.49. The van der Waals surface area contributed by atoms with Crippen molar-refractivity contribution < 1.29 is 22.7 Å². The van der Waals surface area contributed by atoms with Gasteiger partial charge in [0, 0.05) is 17.0 Å². The molecule has 0 unspecified atom stereocenters. The van der Waals surface area contributed by atoms with Gasteiger partial charge in [-0.2, -0.15) is 18.3 Å². The van der Waals surface area contributed by atoms with E-state index in [1.807, 2.05) is 0 Å². The minimum Gasteiger partial charge on any atom is -0.481 e. The Labute approximate surface area is 133 Å². The number of ether oxygens (including phenoxy) is 1. The van der Waals surface area contributed by atoms with Crippen molar-refractivity contribution in [1.29, 1.82) is 0 Å². The second-order valence-corrected chi connectivity index (χ2v) is 4.97. The van der Waals surface area contributed by atoms with Crippen LogP contribution >= 0.6 is 0 Å². The minimum absolute atomic E-state index is 0.128. The highest BCUT2D eigenvalue weighted by Gasteiger charge is 2.32. The smallest absolute Gasteiger partial charge is 0.416 e. The Balaban J connectivity index is 2.33. The number of alkyl halides is 3. The molecule has 0 atom stereocenters. The molecule has 2 aromatic heterocycles. The standard InChI is InChI=1S/C15H11F3N4O2/c1-24-12-3-2-8(13(21-12)14(19)23)9-4-7(15(16,17)18)5-11-10(9)6-20-22-11/h2-6H,1H3,(H2,19,23)(H,20,22). The maximum absolute atomic E-state index is 13.1. The van der Waals surface area contributed by atoms with Crippen molar-refractivity contribution in [2.75, 3.05) is 7.11 Å². The molecule has 24 heavy (non-hydrogen) atoms. The zero-order valence-corrected chi connectivity index (χ0v) is 12.3. The number of nitrogens with two attached hydrogens (primary N) is 1. The molecule has 1 aromatic carbocycles. The Morgan fingerprint density at radius 2 is 2.00 bits per heavy atom. The lowest BCUT2D eigenvalue weighted by atomic mass is 9.97. The van der Waals surface area contributed by atoms with Crippen LogP contribution in [0.1, 0.15) is 16.1 Å². The van der Waals surface area contributed by atoms with Crippen LogP contribution in [0.25, 0.3) is 22.0 Å². The molecule has 6 nitrogen and oxygen atoms in total. The van der Waals surface area contributed by atoms with E-state index in [-0.39, 0.29) is 28.2 Å². The number of carbonyl (C=O) groups excluding carboxylic acids is 1. The number of hydrogen-bond donors (Lipinski definition) is 2. The molecule has 0 bridgehead atoms. The van der Waals surface area contributed by atoms with Gasteiger partial charge in [-0.15, -0.1) is 0 Å². The average Bonchev–Trinajstić information content (AvgIpc) is 3.01. The Hall–Kier alpha value is -3.10. The number of benzene rings is 1. The number of primary amides is 1. The Kier molecular flexibility index (Phi) is 3.63. The normalized spacial score (nSPS) is 11.7. The minimum atomic E-state index is -4.55. The lowest BCUT2D eigenvalue weighted by Crippen LogP contribution is -2.15. The van der Waals surface area contributed by atoms with Gasteiger partial charge in [0.05, 0.1) is 24.4 Å². The van der Waals surface area contributed by atoms with Gasteiger partial charge in [0.2, 0.25) is 5.88 Å². The van der Waals surface area contributed by atoms with Crippen LogP contribution in [0.5, 0.6) is 5.88 Å². The zero-order valence-electron chi connectivity index (χ0n) is 12.3. The molecule has 3 rings (SSSR count). The van der Waals surface area contributed by atoms with E-state index >= 15 is 0 Å². The first-order valence-electron chi connectivity index (χ1n) is 6.71. The Bertz CT molecular complexity index is 934. The maximum Gasteiger partial charge on any atom is 0.416 e. The van der Waals surface area contributed by atoms with E-state index in [0.717, 1.165) is 12.1 Å². The van der Waals surface area contributed by atoms with Crippen LogP contribution in [0.15, 0.2) is 30.5 Å². The molecule has 0 fully saturated rings. The summed E-state index contributed by atoms with van der Waals surface area (Å²) in [7, 11) is 1.35. The maximum atomic E-state index is 13.1.